The number of hydrogen-bond donors (Lipinski definition) is 1. The van der Waals surface area contributed by atoms with Crippen molar-refractivity contribution >= 4 is 5.82 Å². The Morgan fingerprint density at radius 1 is 1.54 bits per heavy atom. The zero-order valence-electron chi connectivity index (χ0n) is 8.04. The van der Waals surface area contributed by atoms with Crippen molar-refractivity contribution < 1.29 is 0 Å². The number of rotatable bonds is 3. The maximum absolute atomic E-state index is 5.11. The van der Waals surface area contributed by atoms with Crippen molar-refractivity contribution in [1.29, 1.82) is 0 Å². The van der Waals surface area contributed by atoms with Crippen LogP contribution in [-0.2, 0) is 0 Å². The van der Waals surface area contributed by atoms with E-state index in [-0.39, 0.29) is 0 Å². The van der Waals surface area contributed by atoms with Crippen molar-refractivity contribution in [2.75, 3.05) is 11.9 Å². The lowest BCUT2D eigenvalue weighted by Crippen LogP contribution is -2.00. The highest BCUT2D eigenvalue weighted by Crippen LogP contribution is 2.13. The molecule has 0 saturated carbocycles. The van der Waals surface area contributed by atoms with Gasteiger partial charge in [-0.3, -0.25) is 0 Å². The van der Waals surface area contributed by atoms with Crippen molar-refractivity contribution in [3.05, 3.63) is 23.9 Å². The summed E-state index contributed by atoms with van der Waals surface area (Å²) in [6.45, 7) is 4.81. The molecule has 68 valence electrons. The molecule has 0 unspecified atom stereocenters. The molecule has 0 saturated heterocycles. The molecule has 2 nitrogen and oxygen atoms in total. The first-order valence-corrected chi connectivity index (χ1v) is 4.37. The summed E-state index contributed by atoms with van der Waals surface area (Å²) in [5.41, 5.74) is 1.24. The number of pyridine rings is 1. The minimum atomic E-state index is 0.522. The number of aromatic nitrogens is 1. The molecule has 0 aliphatic rings. The van der Waals surface area contributed by atoms with Crippen LogP contribution in [0.4, 0.5) is 5.82 Å². The van der Waals surface area contributed by atoms with Crippen LogP contribution in [-0.4, -0.2) is 11.5 Å². The fourth-order valence-corrected chi connectivity index (χ4v) is 0.993. The average molecular weight is 174 g/mol. The van der Waals surface area contributed by atoms with Crippen LogP contribution in [0.3, 0.4) is 0 Å². The van der Waals surface area contributed by atoms with Gasteiger partial charge in [-0.1, -0.05) is 25.8 Å². The van der Waals surface area contributed by atoms with E-state index in [2.05, 4.69) is 36.1 Å². The Balaban J connectivity index is 2.65. The number of nitrogens with one attached hydrogen (secondary N) is 1. The lowest BCUT2D eigenvalue weighted by atomic mass is 10.1. The molecular weight excluding hydrogens is 160 g/mol. The molecule has 0 bridgehead atoms. The first-order valence-electron chi connectivity index (χ1n) is 4.37. The molecule has 1 aromatic heterocycles. The van der Waals surface area contributed by atoms with Gasteiger partial charge in [0.1, 0.15) is 5.82 Å². The SMILES string of the molecule is C#CCNc1ccc(C(C)C)cn1. The van der Waals surface area contributed by atoms with Crippen LogP contribution in [0.25, 0.3) is 0 Å². The van der Waals surface area contributed by atoms with Gasteiger partial charge in [0, 0.05) is 6.20 Å². The van der Waals surface area contributed by atoms with Gasteiger partial charge in [0.05, 0.1) is 6.54 Å². The minimum absolute atomic E-state index is 0.522. The van der Waals surface area contributed by atoms with E-state index >= 15 is 0 Å². The lowest BCUT2D eigenvalue weighted by molar-refractivity contribution is 0.858. The summed E-state index contributed by atoms with van der Waals surface area (Å²) in [5, 5.41) is 3.01. The molecule has 0 aromatic carbocycles. The first kappa shape index (κ1) is 9.60. The Morgan fingerprint density at radius 3 is 2.77 bits per heavy atom. The zero-order chi connectivity index (χ0) is 9.68. The van der Waals surface area contributed by atoms with E-state index < -0.39 is 0 Å². The number of hydrogen-bond acceptors (Lipinski definition) is 2. The Labute approximate surface area is 79.4 Å². The third-order valence-electron chi connectivity index (χ3n) is 1.82. The molecular formula is C11H14N2. The van der Waals surface area contributed by atoms with Gasteiger partial charge in [0.25, 0.3) is 0 Å². The Kier molecular flexibility index (Phi) is 3.33. The van der Waals surface area contributed by atoms with Gasteiger partial charge in [-0.25, -0.2) is 4.98 Å². The topological polar surface area (TPSA) is 24.9 Å². The molecule has 0 fully saturated rings. The largest absolute Gasteiger partial charge is 0.359 e. The third-order valence-corrected chi connectivity index (χ3v) is 1.82. The van der Waals surface area contributed by atoms with Crippen molar-refractivity contribution in [2.45, 2.75) is 19.8 Å². The van der Waals surface area contributed by atoms with E-state index in [0.29, 0.717) is 12.5 Å². The van der Waals surface area contributed by atoms with Crippen molar-refractivity contribution in [2.24, 2.45) is 0 Å². The van der Waals surface area contributed by atoms with E-state index in [1.165, 1.54) is 5.56 Å². The number of anilines is 1. The monoisotopic (exact) mass is 174 g/mol. The summed E-state index contributed by atoms with van der Waals surface area (Å²) >= 11 is 0. The van der Waals surface area contributed by atoms with E-state index in [9.17, 15) is 0 Å². The Morgan fingerprint density at radius 2 is 2.31 bits per heavy atom. The maximum atomic E-state index is 5.11. The highest BCUT2D eigenvalue weighted by molar-refractivity contribution is 5.37. The molecule has 1 N–H and O–H groups in total. The fourth-order valence-electron chi connectivity index (χ4n) is 0.993. The van der Waals surface area contributed by atoms with Gasteiger partial charge in [-0.05, 0) is 17.5 Å². The summed E-state index contributed by atoms with van der Waals surface area (Å²) in [4.78, 5) is 4.23. The van der Waals surface area contributed by atoms with Crippen LogP contribution in [0, 0.1) is 12.3 Å². The fraction of sp³-hybridized carbons (Fsp3) is 0.364. The minimum Gasteiger partial charge on any atom is -0.359 e. The Hall–Kier alpha value is -1.49. The van der Waals surface area contributed by atoms with E-state index in [1.807, 2.05) is 12.3 Å². The molecule has 1 heterocycles. The van der Waals surface area contributed by atoms with Gasteiger partial charge in [-0.2, -0.15) is 0 Å². The normalized spacial score (nSPS) is 9.69. The highest BCUT2D eigenvalue weighted by Gasteiger charge is 1.98. The molecule has 1 rings (SSSR count). The van der Waals surface area contributed by atoms with Gasteiger partial charge in [0.2, 0.25) is 0 Å². The molecule has 13 heavy (non-hydrogen) atoms. The summed E-state index contributed by atoms with van der Waals surface area (Å²) in [6, 6.07) is 4.02. The summed E-state index contributed by atoms with van der Waals surface area (Å²) in [5.74, 6) is 3.86. The maximum Gasteiger partial charge on any atom is 0.126 e. The first-order chi connectivity index (χ1) is 6.24. The summed E-state index contributed by atoms with van der Waals surface area (Å²) in [6.07, 6.45) is 6.99. The second-order valence-electron chi connectivity index (χ2n) is 3.19. The van der Waals surface area contributed by atoms with E-state index in [1.54, 1.807) is 0 Å². The van der Waals surface area contributed by atoms with Crippen LogP contribution < -0.4 is 5.32 Å². The van der Waals surface area contributed by atoms with Crippen LogP contribution in [0.1, 0.15) is 25.3 Å². The predicted molar refractivity (Wildman–Crippen MR) is 55.6 cm³/mol. The molecule has 0 aliphatic carbocycles. The van der Waals surface area contributed by atoms with E-state index in [0.717, 1.165) is 5.82 Å². The van der Waals surface area contributed by atoms with Crippen molar-refractivity contribution in [1.82, 2.24) is 4.98 Å². The third kappa shape index (κ3) is 2.79. The van der Waals surface area contributed by atoms with Gasteiger partial charge in [-0.15, -0.1) is 6.42 Å². The molecule has 2 heteroatoms. The van der Waals surface area contributed by atoms with Crippen molar-refractivity contribution in [3.8, 4) is 12.3 Å². The van der Waals surface area contributed by atoms with E-state index in [4.69, 9.17) is 6.42 Å². The average Bonchev–Trinajstić information content (AvgIpc) is 2.15. The van der Waals surface area contributed by atoms with Crippen LogP contribution in [0.15, 0.2) is 18.3 Å². The molecule has 0 atom stereocenters. The molecule has 0 amide bonds. The van der Waals surface area contributed by atoms with Gasteiger partial charge >= 0.3 is 0 Å². The smallest absolute Gasteiger partial charge is 0.126 e. The molecule has 1 aromatic rings. The Bertz CT molecular complexity index is 293. The van der Waals surface area contributed by atoms with Crippen LogP contribution in [0.2, 0.25) is 0 Å². The second-order valence-corrected chi connectivity index (χ2v) is 3.19. The number of nitrogens with zero attached hydrogens (tertiary/aromatic N) is 1. The van der Waals surface area contributed by atoms with Gasteiger partial charge < -0.3 is 5.32 Å². The lowest BCUT2D eigenvalue weighted by Gasteiger charge is -2.05. The van der Waals surface area contributed by atoms with Gasteiger partial charge in [0.15, 0.2) is 0 Å². The summed E-state index contributed by atoms with van der Waals surface area (Å²) < 4.78 is 0. The van der Waals surface area contributed by atoms with Crippen LogP contribution >= 0.6 is 0 Å². The second kappa shape index (κ2) is 4.51. The number of terminal acetylenes is 1. The quantitative estimate of drug-likeness (QED) is 0.711. The summed E-state index contributed by atoms with van der Waals surface area (Å²) in [7, 11) is 0. The zero-order valence-corrected chi connectivity index (χ0v) is 8.04. The molecule has 0 aliphatic heterocycles. The molecule has 0 spiro atoms. The predicted octanol–water partition coefficient (Wildman–Crippen LogP) is 2.25. The van der Waals surface area contributed by atoms with Crippen LogP contribution in [0.5, 0.6) is 0 Å². The van der Waals surface area contributed by atoms with Crippen molar-refractivity contribution in [3.63, 3.8) is 0 Å². The standard InChI is InChI=1S/C11H14N2/c1-4-7-12-11-6-5-10(8-13-11)9(2)3/h1,5-6,8-9H,7H2,2-3H3,(H,12,13). The molecule has 0 radical (unpaired) electrons. The highest BCUT2D eigenvalue weighted by atomic mass is 15.0.